The lowest BCUT2D eigenvalue weighted by atomic mass is 9.96. The molecule has 1 atom stereocenters. The number of pyridine rings is 1. The normalized spacial score (nSPS) is 17.6. The number of amides is 1. The van der Waals surface area contributed by atoms with Gasteiger partial charge in [-0.05, 0) is 62.8 Å². The monoisotopic (exact) mass is 476 g/mol. The summed E-state index contributed by atoms with van der Waals surface area (Å²) in [6, 6.07) is 12.1. The van der Waals surface area contributed by atoms with Gasteiger partial charge in [0.25, 0.3) is 11.7 Å². The fraction of sp³-hybridized carbons (Fsp3) is 0.370. The topological polar surface area (TPSA) is 87.4 Å². The summed E-state index contributed by atoms with van der Waals surface area (Å²) < 4.78 is 7.14. The molecule has 1 amide bonds. The molecule has 3 aromatic rings. The summed E-state index contributed by atoms with van der Waals surface area (Å²) in [6.45, 7) is 9.03. The summed E-state index contributed by atoms with van der Waals surface area (Å²) >= 11 is 0. The van der Waals surface area contributed by atoms with Crippen molar-refractivity contribution in [2.24, 2.45) is 0 Å². The second-order valence-electron chi connectivity index (χ2n) is 8.62. The lowest BCUT2D eigenvalue weighted by Crippen LogP contribution is -2.33. The Morgan fingerprint density at radius 3 is 2.63 bits per heavy atom. The van der Waals surface area contributed by atoms with Gasteiger partial charge in [-0.1, -0.05) is 32.0 Å². The summed E-state index contributed by atoms with van der Waals surface area (Å²) in [4.78, 5) is 35.0. The third-order valence-electron chi connectivity index (χ3n) is 6.65. The number of aromatic nitrogens is 2. The van der Waals surface area contributed by atoms with Gasteiger partial charge >= 0.3 is 0 Å². The van der Waals surface area contributed by atoms with Gasteiger partial charge in [0.2, 0.25) is 0 Å². The third kappa shape index (κ3) is 4.53. The number of ether oxygens (including phenoxy) is 1. The van der Waals surface area contributed by atoms with E-state index < -0.39 is 17.7 Å². The van der Waals surface area contributed by atoms with Gasteiger partial charge in [-0.3, -0.25) is 14.0 Å². The number of methoxy groups -OCH3 is 1. The number of ketones is 1. The molecule has 1 aliphatic heterocycles. The predicted molar refractivity (Wildman–Crippen MR) is 134 cm³/mol. The first-order valence-electron chi connectivity index (χ1n) is 12.0. The van der Waals surface area contributed by atoms with Crippen LogP contribution in [0.15, 0.2) is 54.2 Å². The number of nitrogens with zero attached hydrogens (tertiary/aromatic N) is 4. The highest BCUT2D eigenvalue weighted by atomic mass is 16.5. The zero-order valence-corrected chi connectivity index (χ0v) is 20.7. The highest BCUT2D eigenvalue weighted by Gasteiger charge is 2.46. The number of aliphatic hydroxyl groups is 1. The first kappa shape index (κ1) is 24.5. The molecule has 35 heavy (non-hydrogen) atoms. The maximum absolute atomic E-state index is 13.4. The Bertz CT molecular complexity index is 1280. The van der Waals surface area contributed by atoms with Crippen LogP contribution >= 0.6 is 0 Å². The second kappa shape index (κ2) is 10.3. The quantitative estimate of drug-likeness (QED) is 0.287. The van der Waals surface area contributed by atoms with Crippen LogP contribution in [-0.2, 0) is 9.59 Å². The molecular formula is C27H32N4O4. The molecule has 3 heterocycles. The van der Waals surface area contributed by atoms with Crippen molar-refractivity contribution >= 4 is 23.1 Å². The Balaban J connectivity index is 1.83. The van der Waals surface area contributed by atoms with Crippen LogP contribution in [0.1, 0.15) is 43.3 Å². The number of aryl methyl sites for hydroxylation is 1. The summed E-state index contributed by atoms with van der Waals surface area (Å²) in [6.07, 6.45) is 2.49. The van der Waals surface area contributed by atoms with Crippen LogP contribution in [0, 0.1) is 6.92 Å². The van der Waals surface area contributed by atoms with Crippen LogP contribution in [0.5, 0.6) is 5.75 Å². The first-order valence-corrected chi connectivity index (χ1v) is 12.0. The molecule has 8 heteroatoms. The van der Waals surface area contributed by atoms with Crippen molar-refractivity contribution in [1.29, 1.82) is 0 Å². The summed E-state index contributed by atoms with van der Waals surface area (Å²) in [5.41, 5.74) is 2.41. The number of likely N-dealkylation sites (tertiary alicyclic amines) is 1. The van der Waals surface area contributed by atoms with E-state index in [4.69, 9.17) is 4.74 Å². The standard InChI is InChI=1S/C27H32N4O4/c1-5-29(6-2)14-10-16-31-24(19-11-9-12-20(17-19)35-4)22(26(33)27(31)34)25(32)23-18(3)28-21-13-7-8-15-30(21)23/h7-9,11-13,15,17,24,32H,5-6,10,14,16H2,1-4H3/b25-22+/t24-/m0/s1. The molecule has 0 saturated carbocycles. The van der Waals surface area contributed by atoms with E-state index in [-0.39, 0.29) is 11.3 Å². The number of fused-ring (bicyclic) bond motifs is 1. The zero-order chi connectivity index (χ0) is 25.1. The van der Waals surface area contributed by atoms with Crippen molar-refractivity contribution < 1.29 is 19.4 Å². The van der Waals surface area contributed by atoms with Gasteiger partial charge in [0.15, 0.2) is 5.76 Å². The molecule has 1 fully saturated rings. The van der Waals surface area contributed by atoms with Crippen LogP contribution in [-0.4, -0.2) is 69.3 Å². The average molecular weight is 477 g/mol. The summed E-state index contributed by atoms with van der Waals surface area (Å²) in [7, 11) is 1.57. The fourth-order valence-electron chi connectivity index (χ4n) is 4.80. The van der Waals surface area contributed by atoms with Crippen molar-refractivity contribution in [3.05, 3.63) is 71.2 Å². The van der Waals surface area contributed by atoms with E-state index in [2.05, 4.69) is 23.7 Å². The predicted octanol–water partition coefficient (Wildman–Crippen LogP) is 3.80. The Labute approximate surface area is 205 Å². The van der Waals surface area contributed by atoms with E-state index in [1.165, 1.54) is 0 Å². The van der Waals surface area contributed by atoms with Crippen molar-refractivity contribution in [3.8, 4) is 5.75 Å². The van der Waals surface area contributed by atoms with Crippen molar-refractivity contribution in [1.82, 2.24) is 19.2 Å². The fourth-order valence-corrected chi connectivity index (χ4v) is 4.80. The van der Waals surface area contributed by atoms with Crippen molar-refractivity contribution in [2.75, 3.05) is 33.3 Å². The molecule has 0 bridgehead atoms. The minimum absolute atomic E-state index is 0.0693. The first-order chi connectivity index (χ1) is 16.9. The summed E-state index contributed by atoms with van der Waals surface area (Å²) in [5, 5.41) is 11.5. The number of aliphatic hydroxyl groups excluding tert-OH is 1. The van der Waals surface area contributed by atoms with Crippen molar-refractivity contribution in [3.63, 3.8) is 0 Å². The van der Waals surface area contributed by atoms with Crippen LogP contribution in [0.3, 0.4) is 0 Å². The maximum Gasteiger partial charge on any atom is 0.295 e. The Morgan fingerprint density at radius 2 is 1.91 bits per heavy atom. The molecule has 1 N–H and O–H groups in total. The molecule has 184 valence electrons. The second-order valence-corrected chi connectivity index (χ2v) is 8.62. The van der Waals surface area contributed by atoms with E-state index in [0.717, 1.165) is 19.6 Å². The third-order valence-corrected chi connectivity index (χ3v) is 6.65. The summed E-state index contributed by atoms with van der Waals surface area (Å²) in [5.74, 6) is -0.908. The van der Waals surface area contributed by atoms with Gasteiger partial charge < -0.3 is 19.6 Å². The van der Waals surface area contributed by atoms with Gasteiger partial charge in [0, 0.05) is 12.7 Å². The maximum atomic E-state index is 13.4. The average Bonchev–Trinajstić information content (AvgIpc) is 3.34. The number of carbonyl (C=O) groups is 2. The molecule has 1 aliphatic rings. The van der Waals surface area contributed by atoms with E-state index in [1.54, 1.807) is 29.5 Å². The molecule has 1 aromatic carbocycles. The van der Waals surface area contributed by atoms with Gasteiger partial charge in [-0.2, -0.15) is 0 Å². The number of hydrogen-bond donors (Lipinski definition) is 1. The van der Waals surface area contributed by atoms with Crippen LogP contribution in [0.25, 0.3) is 11.4 Å². The zero-order valence-electron chi connectivity index (χ0n) is 20.7. The van der Waals surface area contributed by atoms with Crippen LogP contribution in [0.4, 0.5) is 0 Å². The molecule has 0 aliphatic carbocycles. The number of imidazole rings is 1. The minimum Gasteiger partial charge on any atom is -0.505 e. The number of hydrogen-bond acceptors (Lipinski definition) is 6. The molecular weight excluding hydrogens is 444 g/mol. The lowest BCUT2D eigenvalue weighted by molar-refractivity contribution is -0.140. The van der Waals surface area contributed by atoms with Gasteiger partial charge in [0.1, 0.15) is 17.1 Å². The molecule has 8 nitrogen and oxygen atoms in total. The van der Waals surface area contributed by atoms with E-state index >= 15 is 0 Å². The Morgan fingerprint density at radius 1 is 1.14 bits per heavy atom. The Hall–Kier alpha value is -3.65. The minimum atomic E-state index is -0.726. The lowest BCUT2D eigenvalue weighted by Gasteiger charge is -2.27. The van der Waals surface area contributed by atoms with Crippen LogP contribution in [0.2, 0.25) is 0 Å². The molecule has 2 aromatic heterocycles. The molecule has 1 saturated heterocycles. The number of benzene rings is 1. The number of rotatable bonds is 9. The Kier molecular flexibility index (Phi) is 7.21. The van der Waals surface area contributed by atoms with Gasteiger partial charge in [0.05, 0.1) is 24.4 Å². The number of Topliss-reactive ketones (excluding diaryl/α,β-unsaturated/α-hetero) is 1. The van der Waals surface area contributed by atoms with Crippen molar-refractivity contribution in [2.45, 2.75) is 33.2 Å². The number of carbonyl (C=O) groups excluding carboxylic acids is 2. The van der Waals surface area contributed by atoms with E-state index in [1.807, 2.05) is 42.5 Å². The van der Waals surface area contributed by atoms with Gasteiger partial charge in [-0.25, -0.2) is 4.98 Å². The molecule has 0 radical (unpaired) electrons. The van der Waals surface area contributed by atoms with Gasteiger partial charge in [-0.15, -0.1) is 0 Å². The largest absolute Gasteiger partial charge is 0.505 e. The van der Waals surface area contributed by atoms with Crippen LogP contribution < -0.4 is 4.74 Å². The smallest absolute Gasteiger partial charge is 0.295 e. The highest BCUT2D eigenvalue weighted by Crippen LogP contribution is 2.40. The van der Waals surface area contributed by atoms with E-state index in [0.29, 0.717) is 41.3 Å². The SMILES string of the molecule is CCN(CC)CCCN1C(=O)C(=O)/C(=C(/O)c2c(C)nc3ccccn23)[C@@H]1c1cccc(OC)c1. The molecule has 0 spiro atoms. The molecule has 0 unspecified atom stereocenters. The molecule has 4 rings (SSSR count). The highest BCUT2D eigenvalue weighted by molar-refractivity contribution is 6.46. The van der Waals surface area contributed by atoms with E-state index in [9.17, 15) is 14.7 Å².